The van der Waals surface area contributed by atoms with Gasteiger partial charge in [-0.1, -0.05) is 0 Å². The van der Waals surface area contributed by atoms with E-state index in [1.165, 1.54) is 0 Å². The average Bonchev–Trinajstić information content (AvgIpc) is 2.27. The van der Waals surface area contributed by atoms with E-state index >= 15 is 0 Å². The van der Waals surface area contributed by atoms with E-state index in [1.54, 1.807) is 0 Å². The summed E-state index contributed by atoms with van der Waals surface area (Å²) in [5, 5.41) is 18.7. The van der Waals surface area contributed by atoms with Crippen molar-refractivity contribution in [2.24, 2.45) is 0 Å². The number of ether oxygens (including phenoxy) is 1. The Hall–Kier alpha value is -0.0800. The molecule has 90 valence electrons. The summed E-state index contributed by atoms with van der Waals surface area (Å²) in [7, 11) is -4.84. The van der Waals surface area contributed by atoms with E-state index < -0.39 is 38.6 Å². The number of rotatable bonds is 3. The summed E-state index contributed by atoms with van der Waals surface area (Å²) in [6, 6.07) is 0. The maximum Gasteiger partial charge on any atom is 0.469 e. The van der Waals surface area contributed by atoms with Crippen molar-refractivity contribution < 1.29 is 38.2 Å². The van der Waals surface area contributed by atoms with Crippen molar-refractivity contribution in [2.45, 2.75) is 24.5 Å². The lowest BCUT2D eigenvalue weighted by molar-refractivity contribution is -0.183. The quantitative estimate of drug-likeness (QED) is 0.467. The molecule has 15 heavy (non-hydrogen) atoms. The summed E-state index contributed by atoms with van der Waals surface area (Å²) in [5.74, 6) is -2.81. The maximum absolute atomic E-state index is 13.6. The fourth-order valence-corrected chi connectivity index (χ4v) is 1.53. The fraction of sp³-hybridized carbons (Fsp3) is 1.00. The van der Waals surface area contributed by atoms with Crippen LogP contribution in [0.4, 0.5) is 4.39 Å². The molecule has 0 aromatic rings. The van der Waals surface area contributed by atoms with Crippen molar-refractivity contribution in [2.75, 3.05) is 13.2 Å². The lowest BCUT2D eigenvalue weighted by atomic mass is 9.98. The van der Waals surface area contributed by atoms with Gasteiger partial charge in [-0.05, 0) is 6.92 Å². The Morgan fingerprint density at radius 3 is 2.53 bits per heavy atom. The second-order valence-electron chi connectivity index (χ2n) is 3.60. The molecule has 0 amide bonds. The largest absolute Gasteiger partial charge is 0.469 e. The van der Waals surface area contributed by atoms with Crippen LogP contribution in [-0.2, 0) is 13.8 Å². The van der Waals surface area contributed by atoms with Gasteiger partial charge in [0.05, 0.1) is 6.61 Å². The lowest BCUT2D eigenvalue weighted by Crippen LogP contribution is -2.48. The summed E-state index contributed by atoms with van der Waals surface area (Å²) in [6.45, 7) is -0.514. The summed E-state index contributed by atoms with van der Waals surface area (Å²) in [5.41, 5.74) is -1.81. The smallest absolute Gasteiger partial charge is 0.385 e. The van der Waals surface area contributed by atoms with Crippen LogP contribution in [0, 0.1) is 0 Å². The lowest BCUT2D eigenvalue weighted by Gasteiger charge is -2.26. The topological polar surface area (TPSA) is 116 Å². The molecule has 1 aliphatic heterocycles. The highest BCUT2D eigenvalue weighted by atomic mass is 31.2. The molecule has 1 saturated heterocycles. The molecule has 1 aliphatic rings. The van der Waals surface area contributed by atoms with Crippen LogP contribution in [0.3, 0.4) is 0 Å². The van der Waals surface area contributed by atoms with Crippen LogP contribution in [0.15, 0.2) is 0 Å². The molecule has 0 aliphatic carbocycles. The minimum atomic E-state index is -4.84. The monoisotopic (exact) mass is 246 g/mol. The molecular weight excluding hydrogens is 234 g/mol. The van der Waals surface area contributed by atoms with Crippen molar-refractivity contribution in [1.29, 1.82) is 0 Å². The first kappa shape index (κ1) is 13.0. The molecule has 0 aromatic heterocycles. The van der Waals surface area contributed by atoms with Crippen LogP contribution in [-0.4, -0.2) is 50.8 Å². The van der Waals surface area contributed by atoms with Gasteiger partial charge in [-0.15, -0.1) is 0 Å². The van der Waals surface area contributed by atoms with E-state index in [2.05, 4.69) is 9.26 Å². The van der Waals surface area contributed by atoms with Gasteiger partial charge in [0, 0.05) is 0 Å². The molecule has 9 heteroatoms. The number of hydrogen-bond acceptors (Lipinski definition) is 5. The Kier molecular flexibility index (Phi) is 3.24. The molecule has 3 atom stereocenters. The van der Waals surface area contributed by atoms with E-state index in [0.29, 0.717) is 0 Å². The summed E-state index contributed by atoms with van der Waals surface area (Å²) >= 11 is 0. The second-order valence-corrected chi connectivity index (χ2v) is 4.84. The minimum Gasteiger partial charge on any atom is -0.385 e. The fourth-order valence-electron chi connectivity index (χ4n) is 1.18. The van der Waals surface area contributed by atoms with Gasteiger partial charge in [0.25, 0.3) is 5.85 Å². The molecule has 0 saturated carbocycles. The Bertz CT molecular complexity index is 289. The Labute approximate surface area is 84.7 Å². The van der Waals surface area contributed by atoms with Crippen LogP contribution in [0.1, 0.15) is 6.92 Å². The van der Waals surface area contributed by atoms with Gasteiger partial charge in [0.15, 0.2) is 0 Å². The molecule has 1 heterocycles. The van der Waals surface area contributed by atoms with Gasteiger partial charge in [-0.2, -0.15) is 0 Å². The van der Waals surface area contributed by atoms with Crippen LogP contribution < -0.4 is 0 Å². The molecule has 7 nitrogen and oxygen atoms in total. The highest BCUT2D eigenvalue weighted by molar-refractivity contribution is 7.46. The number of phosphoric ester groups is 1. The maximum atomic E-state index is 13.6. The van der Waals surface area contributed by atoms with Gasteiger partial charge < -0.3 is 24.7 Å². The normalized spacial score (nSPS) is 42.1. The predicted molar refractivity (Wildman–Crippen MR) is 44.4 cm³/mol. The second kappa shape index (κ2) is 3.74. The van der Waals surface area contributed by atoms with Crippen molar-refractivity contribution in [1.82, 2.24) is 0 Å². The SMILES string of the molecule is C[C@]1(O)CO[C@](F)(COP(=O)(O)O)[C@H]1O. The van der Waals surface area contributed by atoms with Crippen LogP contribution in [0.5, 0.6) is 0 Å². The summed E-state index contributed by atoms with van der Waals surface area (Å²) < 4.78 is 32.2. The predicted octanol–water partition coefficient (Wildman–Crippen LogP) is -1.10. The molecular formula is C6H12FO7P. The standard InChI is InChI=1S/C6H12FO7P/c1-5(9)2-13-6(7,4(5)8)3-14-15(10,11)12/h4,8-9H,2-3H2,1H3,(H2,10,11,12)/t4-,5-,6+/m0/s1. The zero-order chi connectivity index (χ0) is 11.9. The molecule has 0 spiro atoms. The summed E-state index contributed by atoms with van der Waals surface area (Å²) in [6.07, 6.45) is -1.93. The van der Waals surface area contributed by atoms with Crippen molar-refractivity contribution in [3.05, 3.63) is 0 Å². The van der Waals surface area contributed by atoms with Crippen molar-refractivity contribution in [3.8, 4) is 0 Å². The third-order valence-electron chi connectivity index (χ3n) is 2.03. The van der Waals surface area contributed by atoms with Crippen LogP contribution in [0.25, 0.3) is 0 Å². The van der Waals surface area contributed by atoms with E-state index in [4.69, 9.17) is 9.79 Å². The van der Waals surface area contributed by atoms with Crippen LogP contribution >= 0.6 is 7.82 Å². The van der Waals surface area contributed by atoms with Gasteiger partial charge in [-0.25, -0.2) is 8.96 Å². The molecule has 0 unspecified atom stereocenters. The molecule has 1 fully saturated rings. The zero-order valence-corrected chi connectivity index (χ0v) is 8.72. The Morgan fingerprint density at radius 2 is 2.20 bits per heavy atom. The van der Waals surface area contributed by atoms with E-state index in [0.717, 1.165) is 6.92 Å². The van der Waals surface area contributed by atoms with Crippen LogP contribution in [0.2, 0.25) is 0 Å². The highest BCUT2D eigenvalue weighted by Gasteiger charge is 2.57. The average molecular weight is 246 g/mol. The molecule has 0 bridgehead atoms. The first-order valence-electron chi connectivity index (χ1n) is 4.00. The molecule has 0 radical (unpaired) electrons. The van der Waals surface area contributed by atoms with Gasteiger partial charge in [0.2, 0.25) is 0 Å². The van der Waals surface area contributed by atoms with Gasteiger partial charge >= 0.3 is 7.82 Å². The zero-order valence-electron chi connectivity index (χ0n) is 7.83. The number of aliphatic hydroxyl groups is 2. The number of aliphatic hydroxyl groups excluding tert-OH is 1. The van der Waals surface area contributed by atoms with Crippen molar-refractivity contribution >= 4 is 7.82 Å². The number of alkyl halides is 1. The van der Waals surface area contributed by atoms with Crippen molar-refractivity contribution in [3.63, 3.8) is 0 Å². The van der Waals surface area contributed by atoms with E-state index in [-0.39, 0.29) is 0 Å². The summed E-state index contributed by atoms with van der Waals surface area (Å²) in [4.78, 5) is 16.7. The third kappa shape index (κ3) is 2.94. The minimum absolute atomic E-state index is 0.491. The van der Waals surface area contributed by atoms with E-state index in [9.17, 15) is 19.2 Å². The number of phosphoric acid groups is 1. The Morgan fingerprint density at radius 1 is 1.67 bits per heavy atom. The molecule has 0 aromatic carbocycles. The van der Waals surface area contributed by atoms with E-state index in [1.807, 2.05) is 0 Å². The highest BCUT2D eigenvalue weighted by Crippen LogP contribution is 2.41. The third-order valence-corrected chi connectivity index (χ3v) is 2.50. The first-order valence-corrected chi connectivity index (χ1v) is 5.53. The molecule has 4 N–H and O–H groups in total. The first-order chi connectivity index (χ1) is 6.57. The van der Waals surface area contributed by atoms with Gasteiger partial charge in [0.1, 0.15) is 18.3 Å². The number of hydrogen-bond donors (Lipinski definition) is 4. The Balaban J connectivity index is 2.66. The van der Waals surface area contributed by atoms with Gasteiger partial charge in [-0.3, -0.25) is 4.52 Å². The number of halogens is 1. The molecule has 1 rings (SSSR count).